The van der Waals surface area contributed by atoms with E-state index in [0.717, 1.165) is 13.1 Å². The second-order valence-electron chi connectivity index (χ2n) is 4.92. The highest BCUT2D eigenvalue weighted by atomic mass is 14.9. The van der Waals surface area contributed by atoms with E-state index in [1.54, 1.807) is 5.56 Å². The molecule has 0 saturated carbocycles. The van der Waals surface area contributed by atoms with Gasteiger partial charge in [0.15, 0.2) is 0 Å². The fourth-order valence-electron chi connectivity index (χ4n) is 3.23. The molecule has 17 heavy (non-hydrogen) atoms. The first-order valence-corrected chi connectivity index (χ1v) is 6.56. The molecule has 1 N–H and O–H groups in total. The van der Waals surface area contributed by atoms with Gasteiger partial charge in [-0.2, -0.15) is 0 Å². The van der Waals surface area contributed by atoms with Gasteiger partial charge in [0.1, 0.15) is 0 Å². The Bertz CT molecular complexity index is 458. The van der Waals surface area contributed by atoms with Crippen molar-refractivity contribution < 1.29 is 0 Å². The Hall–Kier alpha value is -1.34. The SMILES string of the molecule is CCNCC1c2ccccc2C2C=CC=CC21. The topological polar surface area (TPSA) is 12.0 Å². The van der Waals surface area contributed by atoms with Crippen molar-refractivity contribution in [1.82, 2.24) is 5.32 Å². The summed E-state index contributed by atoms with van der Waals surface area (Å²) in [6.45, 7) is 4.32. The van der Waals surface area contributed by atoms with Gasteiger partial charge in [-0.15, -0.1) is 0 Å². The minimum atomic E-state index is 0.597. The molecule has 1 heteroatoms. The first-order valence-electron chi connectivity index (χ1n) is 6.56. The van der Waals surface area contributed by atoms with Crippen LogP contribution in [0.4, 0.5) is 0 Å². The van der Waals surface area contributed by atoms with E-state index >= 15 is 0 Å². The Morgan fingerprint density at radius 1 is 1.06 bits per heavy atom. The van der Waals surface area contributed by atoms with Crippen molar-refractivity contribution in [2.45, 2.75) is 18.8 Å². The van der Waals surface area contributed by atoms with Gasteiger partial charge in [0.05, 0.1) is 0 Å². The van der Waals surface area contributed by atoms with Gasteiger partial charge in [0.25, 0.3) is 0 Å². The molecule has 88 valence electrons. The molecule has 0 bridgehead atoms. The minimum absolute atomic E-state index is 0.597. The predicted octanol–water partition coefficient (Wildman–Crippen LogP) is 3.22. The molecule has 0 amide bonds. The number of likely N-dealkylation sites (N-methyl/N-ethyl adjacent to an activating group) is 1. The molecule has 0 saturated heterocycles. The van der Waals surface area contributed by atoms with Crippen molar-refractivity contribution in [2.24, 2.45) is 5.92 Å². The van der Waals surface area contributed by atoms with Gasteiger partial charge in [-0.1, -0.05) is 55.5 Å². The van der Waals surface area contributed by atoms with Gasteiger partial charge in [0, 0.05) is 18.4 Å². The quantitative estimate of drug-likeness (QED) is 0.833. The molecular formula is C16H19N. The third-order valence-electron chi connectivity index (χ3n) is 4.01. The van der Waals surface area contributed by atoms with Crippen LogP contribution in [0.2, 0.25) is 0 Å². The van der Waals surface area contributed by atoms with Gasteiger partial charge in [0.2, 0.25) is 0 Å². The van der Waals surface area contributed by atoms with Crippen LogP contribution in [0.1, 0.15) is 29.9 Å². The zero-order valence-corrected chi connectivity index (χ0v) is 10.3. The van der Waals surface area contributed by atoms with Gasteiger partial charge in [-0.05, 0) is 23.6 Å². The average Bonchev–Trinajstić information content (AvgIpc) is 2.71. The highest BCUT2D eigenvalue weighted by Gasteiger charge is 2.37. The van der Waals surface area contributed by atoms with E-state index < -0.39 is 0 Å². The summed E-state index contributed by atoms with van der Waals surface area (Å²) in [4.78, 5) is 0. The molecule has 3 rings (SSSR count). The average molecular weight is 225 g/mol. The molecule has 0 aromatic heterocycles. The molecule has 2 aliphatic carbocycles. The Morgan fingerprint density at radius 3 is 2.65 bits per heavy atom. The lowest BCUT2D eigenvalue weighted by atomic mass is 9.84. The second kappa shape index (κ2) is 4.50. The summed E-state index contributed by atoms with van der Waals surface area (Å²) >= 11 is 0. The van der Waals surface area contributed by atoms with Gasteiger partial charge in [-0.3, -0.25) is 0 Å². The Kier molecular flexibility index (Phi) is 2.86. The van der Waals surface area contributed by atoms with Gasteiger partial charge >= 0.3 is 0 Å². The Morgan fingerprint density at radius 2 is 1.82 bits per heavy atom. The molecule has 0 spiro atoms. The van der Waals surface area contributed by atoms with Gasteiger partial charge in [-0.25, -0.2) is 0 Å². The summed E-state index contributed by atoms with van der Waals surface area (Å²) in [6.07, 6.45) is 9.13. The molecule has 0 radical (unpaired) electrons. The molecule has 3 atom stereocenters. The summed E-state index contributed by atoms with van der Waals surface area (Å²) in [5.74, 6) is 1.88. The molecule has 1 nitrogen and oxygen atoms in total. The standard InChI is InChI=1S/C16H19N/c1-2-17-11-16-14-9-5-3-7-12(14)13-8-4-6-10-15(13)16/h3-10,12,14,16-17H,2,11H2,1H3. The molecule has 3 unspecified atom stereocenters. The number of allylic oxidation sites excluding steroid dienone is 4. The Labute approximate surface area is 103 Å². The van der Waals surface area contributed by atoms with E-state index in [4.69, 9.17) is 0 Å². The maximum absolute atomic E-state index is 3.51. The Balaban J connectivity index is 1.98. The lowest BCUT2D eigenvalue weighted by Crippen LogP contribution is -2.24. The van der Waals surface area contributed by atoms with E-state index in [-0.39, 0.29) is 0 Å². The van der Waals surface area contributed by atoms with Crippen molar-refractivity contribution >= 4 is 0 Å². The van der Waals surface area contributed by atoms with Crippen molar-refractivity contribution in [3.8, 4) is 0 Å². The maximum atomic E-state index is 3.51. The van der Waals surface area contributed by atoms with E-state index in [9.17, 15) is 0 Å². The van der Waals surface area contributed by atoms with E-state index in [1.165, 1.54) is 5.56 Å². The summed E-state index contributed by atoms with van der Waals surface area (Å²) < 4.78 is 0. The zero-order chi connectivity index (χ0) is 11.7. The largest absolute Gasteiger partial charge is 0.316 e. The number of hydrogen-bond acceptors (Lipinski definition) is 1. The molecule has 0 heterocycles. The molecule has 1 aromatic rings. The first kappa shape index (κ1) is 10.8. The van der Waals surface area contributed by atoms with Crippen molar-refractivity contribution in [1.29, 1.82) is 0 Å². The third-order valence-corrected chi connectivity index (χ3v) is 4.01. The van der Waals surface area contributed by atoms with Crippen LogP contribution in [-0.4, -0.2) is 13.1 Å². The number of benzene rings is 1. The monoisotopic (exact) mass is 225 g/mol. The fraction of sp³-hybridized carbons (Fsp3) is 0.375. The van der Waals surface area contributed by atoms with E-state index in [1.807, 2.05) is 0 Å². The second-order valence-corrected chi connectivity index (χ2v) is 4.92. The maximum Gasteiger partial charge on any atom is 0.00932 e. The number of fused-ring (bicyclic) bond motifs is 3. The lowest BCUT2D eigenvalue weighted by Gasteiger charge is -2.22. The van der Waals surface area contributed by atoms with E-state index in [2.05, 4.69) is 60.8 Å². The molecule has 0 fully saturated rings. The van der Waals surface area contributed by atoms with Crippen LogP contribution < -0.4 is 5.32 Å². The lowest BCUT2D eigenvalue weighted by molar-refractivity contribution is 0.481. The van der Waals surface area contributed by atoms with Crippen LogP contribution >= 0.6 is 0 Å². The number of nitrogens with one attached hydrogen (secondary N) is 1. The van der Waals surface area contributed by atoms with Crippen LogP contribution in [0, 0.1) is 5.92 Å². The fourth-order valence-corrected chi connectivity index (χ4v) is 3.23. The summed E-state index contributed by atoms with van der Waals surface area (Å²) in [7, 11) is 0. The minimum Gasteiger partial charge on any atom is -0.316 e. The molecule has 2 aliphatic rings. The summed E-state index contributed by atoms with van der Waals surface area (Å²) in [5, 5.41) is 3.51. The number of hydrogen-bond donors (Lipinski definition) is 1. The van der Waals surface area contributed by atoms with Crippen molar-refractivity contribution in [2.75, 3.05) is 13.1 Å². The van der Waals surface area contributed by atoms with Crippen LogP contribution in [-0.2, 0) is 0 Å². The highest BCUT2D eigenvalue weighted by molar-refractivity contribution is 5.46. The van der Waals surface area contributed by atoms with Crippen LogP contribution in [0.25, 0.3) is 0 Å². The van der Waals surface area contributed by atoms with Gasteiger partial charge < -0.3 is 5.32 Å². The normalized spacial score (nSPS) is 29.1. The first-order chi connectivity index (χ1) is 8.42. The smallest absolute Gasteiger partial charge is 0.00932 e. The van der Waals surface area contributed by atoms with Crippen molar-refractivity contribution in [3.05, 3.63) is 59.7 Å². The molecular weight excluding hydrogens is 206 g/mol. The predicted molar refractivity (Wildman–Crippen MR) is 72.2 cm³/mol. The van der Waals surface area contributed by atoms with Crippen molar-refractivity contribution in [3.63, 3.8) is 0 Å². The van der Waals surface area contributed by atoms with E-state index in [0.29, 0.717) is 17.8 Å². The summed E-state index contributed by atoms with van der Waals surface area (Å²) in [5.41, 5.74) is 3.07. The molecule has 0 aliphatic heterocycles. The van der Waals surface area contributed by atoms with Crippen LogP contribution in [0.3, 0.4) is 0 Å². The summed E-state index contributed by atoms with van der Waals surface area (Å²) in [6, 6.07) is 8.93. The van der Waals surface area contributed by atoms with Crippen LogP contribution in [0.5, 0.6) is 0 Å². The highest BCUT2D eigenvalue weighted by Crippen LogP contribution is 2.48. The molecule has 1 aromatic carbocycles. The van der Waals surface area contributed by atoms with Crippen LogP contribution in [0.15, 0.2) is 48.6 Å². The number of rotatable bonds is 3. The zero-order valence-electron chi connectivity index (χ0n) is 10.3. The third kappa shape index (κ3) is 1.75.